The van der Waals surface area contributed by atoms with Crippen molar-refractivity contribution in [2.45, 2.75) is 6.61 Å². The number of hydrogen-bond donors (Lipinski definition) is 2. The number of nitrogens with zero attached hydrogens (tertiary/aromatic N) is 1. The van der Waals surface area contributed by atoms with E-state index >= 15 is 0 Å². The first-order chi connectivity index (χ1) is 13.5. The van der Waals surface area contributed by atoms with Gasteiger partial charge in [0.1, 0.15) is 18.1 Å². The molecule has 0 aromatic heterocycles. The van der Waals surface area contributed by atoms with Crippen molar-refractivity contribution in [1.29, 1.82) is 0 Å². The first-order valence-corrected chi connectivity index (χ1v) is 9.90. The van der Waals surface area contributed by atoms with Crippen LogP contribution in [0.2, 0.25) is 0 Å². The topological polar surface area (TPSA) is 70.9 Å². The number of carbonyl (C=O) groups excluding carboxylic acids is 1. The van der Waals surface area contributed by atoms with E-state index in [4.69, 9.17) is 4.74 Å². The highest BCUT2D eigenvalue weighted by Gasteiger charge is 2.06. The fourth-order valence-electron chi connectivity index (χ4n) is 2.33. The van der Waals surface area contributed by atoms with Gasteiger partial charge in [0.15, 0.2) is 0 Å². The molecule has 0 aliphatic heterocycles. The van der Waals surface area contributed by atoms with E-state index in [-0.39, 0.29) is 11.7 Å². The maximum atomic E-state index is 12.2. The van der Waals surface area contributed by atoms with Crippen molar-refractivity contribution in [3.8, 4) is 11.5 Å². The van der Waals surface area contributed by atoms with E-state index in [1.54, 1.807) is 36.4 Å². The molecule has 0 aliphatic carbocycles. The molecule has 0 aliphatic rings. The number of nitrogens with one attached hydrogen (secondary N) is 1. The highest BCUT2D eigenvalue weighted by atomic mass is 79.9. The van der Waals surface area contributed by atoms with Gasteiger partial charge in [-0.05, 0) is 79.4 Å². The lowest BCUT2D eigenvalue weighted by Gasteiger charge is -2.07. The number of phenolic OH excluding ortho intramolecular Hbond substituents is 1. The molecule has 3 rings (SSSR count). The van der Waals surface area contributed by atoms with Gasteiger partial charge in [-0.25, -0.2) is 5.43 Å². The number of rotatable bonds is 6. The van der Waals surface area contributed by atoms with E-state index in [2.05, 4.69) is 42.4 Å². The van der Waals surface area contributed by atoms with Crippen molar-refractivity contribution in [1.82, 2.24) is 5.43 Å². The van der Waals surface area contributed by atoms with Crippen molar-refractivity contribution in [3.63, 3.8) is 0 Å². The zero-order valence-electron chi connectivity index (χ0n) is 14.6. The van der Waals surface area contributed by atoms with Crippen LogP contribution in [0, 0.1) is 0 Å². The van der Waals surface area contributed by atoms with Crippen molar-refractivity contribution < 1.29 is 14.6 Å². The van der Waals surface area contributed by atoms with E-state index in [0.717, 1.165) is 5.56 Å². The molecule has 1 amide bonds. The Morgan fingerprint density at radius 1 is 1.04 bits per heavy atom. The van der Waals surface area contributed by atoms with Crippen LogP contribution in [0.4, 0.5) is 0 Å². The van der Waals surface area contributed by atoms with Crippen LogP contribution in [0.3, 0.4) is 0 Å². The van der Waals surface area contributed by atoms with E-state index in [0.29, 0.717) is 32.4 Å². The molecule has 0 bridgehead atoms. The number of halogens is 2. The third-order valence-corrected chi connectivity index (χ3v) is 4.99. The van der Waals surface area contributed by atoms with Gasteiger partial charge >= 0.3 is 0 Å². The molecule has 3 aromatic rings. The average molecular weight is 504 g/mol. The summed E-state index contributed by atoms with van der Waals surface area (Å²) < 4.78 is 6.76. The smallest absolute Gasteiger partial charge is 0.271 e. The zero-order valence-corrected chi connectivity index (χ0v) is 17.8. The lowest BCUT2D eigenvalue weighted by molar-refractivity contribution is 0.0955. The van der Waals surface area contributed by atoms with Gasteiger partial charge in [-0.1, -0.05) is 30.3 Å². The van der Waals surface area contributed by atoms with Gasteiger partial charge in [0.25, 0.3) is 5.91 Å². The predicted molar refractivity (Wildman–Crippen MR) is 116 cm³/mol. The minimum Gasteiger partial charge on any atom is -0.506 e. The third-order valence-electron chi connectivity index (χ3n) is 3.78. The molecular formula is C21H16Br2N2O3. The SMILES string of the molecule is O=C(NN=Cc1cc(Br)c(O)c(Br)c1)c1ccc(OCc2ccccc2)cc1. The molecule has 7 heteroatoms. The monoisotopic (exact) mass is 502 g/mol. The van der Waals surface area contributed by atoms with Crippen LogP contribution in [0.1, 0.15) is 21.5 Å². The molecule has 5 nitrogen and oxygen atoms in total. The first kappa shape index (κ1) is 20.1. The maximum absolute atomic E-state index is 12.2. The van der Waals surface area contributed by atoms with Gasteiger partial charge in [0.05, 0.1) is 15.2 Å². The Balaban J connectivity index is 1.56. The maximum Gasteiger partial charge on any atom is 0.271 e. The van der Waals surface area contributed by atoms with Crippen LogP contribution in [0.25, 0.3) is 0 Å². The van der Waals surface area contributed by atoms with Gasteiger partial charge in [-0.15, -0.1) is 0 Å². The molecule has 28 heavy (non-hydrogen) atoms. The lowest BCUT2D eigenvalue weighted by atomic mass is 10.2. The van der Waals surface area contributed by atoms with Crippen LogP contribution in [0.5, 0.6) is 11.5 Å². The molecule has 0 heterocycles. The van der Waals surface area contributed by atoms with Gasteiger partial charge in [0.2, 0.25) is 0 Å². The van der Waals surface area contributed by atoms with E-state index in [1.165, 1.54) is 6.21 Å². The Bertz CT molecular complexity index is 967. The fraction of sp³-hybridized carbons (Fsp3) is 0.0476. The second kappa shape index (κ2) is 9.52. The molecule has 3 aromatic carbocycles. The summed E-state index contributed by atoms with van der Waals surface area (Å²) in [5.41, 5.74) is 4.73. The van der Waals surface area contributed by atoms with Gasteiger partial charge in [0, 0.05) is 5.56 Å². The average Bonchev–Trinajstić information content (AvgIpc) is 2.71. The lowest BCUT2D eigenvalue weighted by Crippen LogP contribution is -2.17. The fourth-order valence-corrected chi connectivity index (χ4v) is 3.55. The second-order valence-corrected chi connectivity index (χ2v) is 7.54. The molecule has 142 valence electrons. The molecule has 2 N–H and O–H groups in total. The Labute approximate surface area is 179 Å². The van der Waals surface area contributed by atoms with E-state index < -0.39 is 0 Å². The van der Waals surface area contributed by atoms with Crippen LogP contribution in [-0.4, -0.2) is 17.2 Å². The number of benzene rings is 3. The first-order valence-electron chi connectivity index (χ1n) is 8.31. The highest BCUT2D eigenvalue weighted by molar-refractivity contribution is 9.11. The molecule has 0 radical (unpaired) electrons. The number of amides is 1. The van der Waals surface area contributed by atoms with Gasteiger partial charge < -0.3 is 9.84 Å². The van der Waals surface area contributed by atoms with Crippen LogP contribution in [0.15, 0.2) is 80.8 Å². The molecule has 0 atom stereocenters. The summed E-state index contributed by atoms with van der Waals surface area (Å²) in [6.07, 6.45) is 1.49. The summed E-state index contributed by atoms with van der Waals surface area (Å²) in [6, 6.07) is 20.1. The Kier molecular flexibility index (Phi) is 6.84. The van der Waals surface area contributed by atoms with Crippen LogP contribution in [-0.2, 0) is 6.61 Å². The molecule has 0 saturated carbocycles. The molecule has 0 saturated heterocycles. The summed E-state index contributed by atoms with van der Waals surface area (Å²) in [4.78, 5) is 12.2. The molecule has 0 unspecified atom stereocenters. The number of hydrazone groups is 1. The molecule has 0 fully saturated rings. The van der Waals surface area contributed by atoms with Crippen molar-refractivity contribution in [3.05, 3.63) is 92.4 Å². The predicted octanol–water partition coefficient (Wildman–Crippen LogP) is 5.26. The third kappa shape index (κ3) is 5.43. The van der Waals surface area contributed by atoms with Crippen LogP contribution < -0.4 is 10.2 Å². The summed E-state index contributed by atoms with van der Waals surface area (Å²) in [7, 11) is 0. The number of aromatic hydroxyl groups is 1. The second-order valence-electron chi connectivity index (χ2n) is 5.83. The Morgan fingerprint density at radius 2 is 1.68 bits per heavy atom. The van der Waals surface area contributed by atoms with Crippen molar-refractivity contribution >= 4 is 44.0 Å². The van der Waals surface area contributed by atoms with E-state index in [1.807, 2.05) is 30.3 Å². The standard InChI is InChI=1S/C21H16Br2N2O3/c22-18-10-15(11-19(23)20(18)26)12-24-25-21(27)16-6-8-17(9-7-16)28-13-14-4-2-1-3-5-14/h1-12,26H,13H2,(H,25,27). The minimum absolute atomic E-state index is 0.107. The highest BCUT2D eigenvalue weighted by Crippen LogP contribution is 2.32. The largest absolute Gasteiger partial charge is 0.506 e. The summed E-state index contributed by atoms with van der Waals surface area (Å²) >= 11 is 6.50. The number of ether oxygens (including phenoxy) is 1. The number of phenols is 1. The van der Waals surface area contributed by atoms with Crippen LogP contribution >= 0.6 is 31.9 Å². The number of hydrogen-bond acceptors (Lipinski definition) is 4. The summed E-state index contributed by atoms with van der Waals surface area (Å²) in [5, 5.41) is 13.6. The van der Waals surface area contributed by atoms with Gasteiger partial charge in [-0.2, -0.15) is 5.10 Å². The minimum atomic E-state index is -0.331. The van der Waals surface area contributed by atoms with Crippen molar-refractivity contribution in [2.75, 3.05) is 0 Å². The normalized spacial score (nSPS) is 10.8. The summed E-state index contributed by atoms with van der Waals surface area (Å²) in [5.74, 6) is 0.459. The zero-order chi connectivity index (χ0) is 19.9. The summed E-state index contributed by atoms with van der Waals surface area (Å²) in [6.45, 7) is 0.467. The molecule has 0 spiro atoms. The van der Waals surface area contributed by atoms with Gasteiger partial charge in [-0.3, -0.25) is 4.79 Å². The van der Waals surface area contributed by atoms with E-state index in [9.17, 15) is 9.90 Å². The quantitative estimate of drug-likeness (QED) is 0.356. The molecular weight excluding hydrogens is 488 g/mol. The van der Waals surface area contributed by atoms with Crippen molar-refractivity contribution in [2.24, 2.45) is 5.10 Å². The Morgan fingerprint density at radius 3 is 2.32 bits per heavy atom. The Hall–Kier alpha value is -2.64. The number of carbonyl (C=O) groups is 1.